The predicted octanol–water partition coefficient (Wildman–Crippen LogP) is 2.35. The molecule has 2 nitrogen and oxygen atoms in total. The zero-order valence-electron chi connectivity index (χ0n) is 15.9. The molecule has 0 fully saturated rings. The van der Waals surface area contributed by atoms with Crippen molar-refractivity contribution in [3.8, 4) is 0 Å². The van der Waals surface area contributed by atoms with Crippen LogP contribution in [0.2, 0.25) is 0 Å². The van der Waals surface area contributed by atoms with Crippen LogP contribution in [0.5, 0.6) is 0 Å². The van der Waals surface area contributed by atoms with Gasteiger partial charge in [-0.15, -0.1) is 0 Å². The number of pyridine rings is 1. The molecule has 4 aromatic rings. The van der Waals surface area contributed by atoms with E-state index in [0.29, 0.717) is 0 Å². The van der Waals surface area contributed by atoms with E-state index in [9.17, 15) is 0 Å². The molecule has 3 heteroatoms. The molecule has 29 heavy (non-hydrogen) atoms. The summed E-state index contributed by atoms with van der Waals surface area (Å²) in [5.74, 6) is 0. The van der Waals surface area contributed by atoms with Gasteiger partial charge in [-0.2, -0.15) is 0 Å². The molecule has 0 radical (unpaired) electrons. The standard InChI is InChI=1S/C26H20N2.BrH/c1-3-10-24-21(7-1)17-22-8-2-4-11-25(22)26(24)19-28-15-12-20(13-16-28)23-9-5-6-14-27-18-23;/h1-18H,19H2;1H. The number of benzene rings is 3. The minimum Gasteiger partial charge on any atom is -1.00 e. The maximum atomic E-state index is 3.18. The summed E-state index contributed by atoms with van der Waals surface area (Å²) in [6.07, 6.45) is 14.5. The molecular weight excluding hydrogens is 420 g/mol. The third-order valence-electron chi connectivity index (χ3n) is 5.27. The summed E-state index contributed by atoms with van der Waals surface area (Å²) < 4.78 is 2.25. The maximum Gasteiger partial charge on any atom is 0.175 e. The van der Waals surface area contributed by atoms with Gasteiger partial charge in [0, 0.05) is 30.1 Å². The molecule has 0 saturated heterocycles. The van der Waals surface area contributed by atoms with Gasteiger partial charge in [-0.3, -0.25) is 0 Å². The summed E-state index contributed by atoms with van der Waals surface area (Å²) in [6, 6.07) is 24.0. The van der Waals surface area contributed by atoms with E-state index in [1.54, 1.807) is 0 Å². The van der Waals surface area contributed by atoms with E-state index in [4.69, 9.17) is 0 Å². The van der Waals surface area contributed by atoms with Crippen molar-refractivity contribution in [2.45, 2.75) is 6.54 Å². The molecule has 0 atom stereocenters. The summed E-state index contributed by atoms with van der Waals surface area (Å²) in [4.78, 5) is 0. The number of nitrogens with one attached hydrogen (secondary N) is 1. The average Bonchev–Trinajstić information content (AvgIpc) is 3.04. The minimum absolute atomic E-state index is 0. The van der Waals surface area contributed by atoms with Crippen molar-refractivity contribution >= 4 is 27.1 Å². The second-order valence-electron chi connectivity index (χ2n) is 7.04. The number of fused-ring (bicyclic) bond motifs is 2. The van der Waals surface area contributed by atoms with Crippen molar-refractivity contribution < 1.29 is 21.5 Å². The number of aromatic nitrogens is 1. The fraction of sp³-hybridized carbons (Fsp3) is 0.0385. The Morgan fingerprint density at radius 3 is 2.10 bits per heavy atom. The molecular formula is C26H21BrN2. The van der Waals surface area contributed by atoms with E-state index in [1.807, 2.05) is 18.5 Å². The minimum atomic E-state index is 0. The van der Waals surface area contributed by atoms with Gasteiger partial charge in [0.1, 0.15) is 0 Å². The van der Waals surface area contributed by atoms with Crippen molar-refractivity contribution in [3.05, 3.63) is 121 Å². The number of halogens is 1. The van der Waals surface area contributed by atoms with Gasteiger partial charge in [0.25, 0.3) is 0 Å². The molecule has 0 aliphatic carbocycles. The third kappa shape index (κ3) is 3.87. The Kier molecular flexibility index (Phi) is 5.59. The van der Waals surface area contributed by atoms with Gasteiger partial charge in [0.15, 0.2) is 18.9 Å². The van der Waals surface area contributed by atoms with E-state index in [2.05, 4.69) is 101 Å². The normalized spacial score (nSPS) is 12.9. The van der Waals surface area contributed by atoms with E-state index in [-0.39, 0.29) is 17.0 Å². The lowest BCUT2D eigenvalue weighted by molar-refractivity contribution is -0.688. The van der Waals surface area contributed by atoms with Gasteiger partial charge in [0.2, 0.25) is 0 Å². The summed E-state index contributed by atoms with van der Waals surface area (Å²) in [7, 11) is 0. The predicted molar refractivity (Wildman–Crippen MR) is 117 cm³/mol. The van der Waals surface area contributed by atoms with Gasteiger partial charge in [-0.25, -0.2) is 4.57 Å². The Hall–Kier alpha value is -3.17. The molecule has 1 aromatic heterocycles. The first-order valence-corrected chi connectivity index (χ1v) is 9.57. The van der Waals surface area contributed by atoms with Crippen molar-refractivity contribution in [2.24, 2.45) is 0 Å². The number of hydrogen-bond donors (Lipinski definition) is 1. The highest BCUT2D eigenvalue weighted by atomic mass is 79.9. The smallest absolute Gasteiger partial charge is 0.175 e. The van der Waals surface area contributed by atoms with Crippen LogP contribution in [0.15, 0.2) is 110 Å². The van der Waals surface area contributed by atoms with E-state index >= 15 is 0 Å². The third-order valence-corrected chi connectivity index (χ3v) is 5.27. The lowest BCUT2D eigenvalue weighted by Gasteiger charge is -2.10. The van der Waals surface area contributed by atoms with Crippen LogP contribution in [0.4, 0.5) is 0 Å². The van der Waals surface area contributed by atoms with Gasteiger partial charge in [-0.05, 0) is 44.8 Å². The van der Waals surface area contributed by atoms with Crippen LogP contribution in [-0.4, -0.2) is 0 Å². The Balaban J connectivity index is 0.00000205. The summed E-state index contributed by atoms with van der Waals surface area (Å²) in [6.45, 7) is 0.844. The molecule has 0 bridgehead atoms. The van der Waals surface area contributed by atoms with E-state index in [0.717, 1.165) is 6.54 Å². The average molecular weight is 441 g/mol. The molecule has 0 unspecified atom stereocenters. The zero-order chi connectivity index (χ0) is 18.8. The monoisotopic (exact) mass is 440 g/mol. The van der Waals surface area contributed by atoms with Crippen LogP contribution >= 0.6 is 0 Å². The molecule has 5 rings (SSSR count). The van der Waals surface area contributed by atoms with E-state index in [1.165, 1.54) is 38.2 Å². The van der Waals surface area contributed by atoms with Crippen LogP contribution in [0.25, 0.3) is 27.1 Å². The van der Waals surface area contributed by atoms with Crippen molar-refractivity contribution in [2.75, 3.05) is 0 Å². The number of hydrogen-bond acceptors (Lipinski definition) is 1. The lowest BCUT2D eigenvalue weighted by Crippen LogP contribution is -3.00. The fourth-order valence-electron chi connectivity index (χ4n) is 3.85. The van der Waals surface area contributed by atoms with Crippen LogP contribution in [0, 0.1) is 0 Å². The molecule has 3 aromatic carbocycles. The van der Waals surface area contributed by atoms with Crippen molar-refractivity contribution in [3.63, 3.8) is 0 Å². The highest BCUT2D eigenvalue weighted by Crippen LogP contribution is 2.28. The molecule has 142 valence electrons. The molecule has 2 heterocycles. The Morgan fingerprint density at radius 2 is 1.41 bits per heavy atom. The van der Waals surface area contributed by atoms with Gasteiger partial charge < -0.3 is 22.3 Å². The maximum absolute atomic E-state index is 3.18. The summed E-state index contributed by atoms with van der Waals surface area (Å²) in [5, 5.41) is 8.41. The molecule has 0 spiro atoms. The fourth-order valence-corrected chi connectivity index (χ4v) is 3.85. The first kappa shape index (κ1) is 19.2. The van der Waals surface area contributed by atoms with E-state index < -0.39 is 0 Å². The first-order valence-electron chi connectivity index (χ1n) is 9.57. The Labute approximate surface area is 181 Å². The van der Waals surface area contributed by atoms with Crippen LogP contribution in [0.3, 0.4) is 0 Å². The van der Waals surface area contributed by atoms with Gasteiger partial charge in [0.05, 0.1) is 0 Å². The molecule has 1 aliphatic rings. The second-order valence-corrected chi connectivity index (χ2v) is 7.04. The highest BCUT2D eigenvalue weighted by molar-refractivity contribution is 6.02. The second kappa shape index (κ2) is 8.46. The van der Waals surface area contributed by atoms with Crippen LogP contribution < -0.4 is 26.9 Å². The van der Waals surface area contributed by atoms with Crippen molar-refractivity contribution in [1.29, 1.82) is 0 Å². The van der Waals surface area contributed by atoms with Gasteiger partial charge >= 0.3 is 0 Å². The van der Waals surface area contributed by atoms with Crippen LogP contribution in [0.1, 0.15) is 11.1 Å². The van der Waals surface area contributed by atoms with Crippen molar-refractivity contribution in [1.82, 2.24) is 5.32 Å². The topological polar surface area (TPSA) is 15.9 Å². The number of rotatable bonds is 3. The summed E-state index contributed by atoms with van der Waals surface area (Å²) in [5.41, 5.74) is 3.74. The zero-order valence-corrected chi connectivity index (χ0v) is 17.5. The number of allylic oxidation sites excluding steroid dienone is 4. The van der Waals surface area contributed by atoms with Gasteiger partial charge in [-0.1, -0.05) is 60.7 Å². The lowest BCUT2D eigenvalue weighted by atomic mass is 9.96. The Bertz CT molecular complexity index is 1200. The first-order chi connectivity index (χ1) is 13.9. The molecule has 0 amide bonds. The quantitative estimate of drug-likeness (QED) is 0.381. The summed E-state index contributed by atoms with van der Waals surface area (Å²) >= 11 is 0. The molecule has 1 N–H and O–H groups in total. The molecule has 1 aliphatic heterocycles. The molecule has 0 saturated carbocycles. The largest absolute Gasteiger partial charge is 1.00 e. The highest BCUT2D eigenvalue weighted by Gasteiger charge is 2.12. The van der Waals surface area contributed by atoms with Crippen LogP contribution in [-0.2, 0) is 6.54 Å². The SMILES string of the molecule is C1=CNC=C(c2cc[n+](Cc3c4ccccc4cc4ccccc34)cc2)C=C1.[Br-]. The Morgan fingerprint density at radius 1 is 0.759 bits per heavy atom. The number of nitrogens with zero attached hydrogens (tertiary/aromatic N) is 1.